The first-order chi connectivity index (χ1) is 13.5. The quantitative estimate of drug-likeness (QED) is 0.631. The predicted molar refractivity (Wildman–Crippen MR) is 118 cm³/mol. The van der Waals surface area contributed by atoms with Crippen LogP contribution in [0.25, 0.3) is 0 Å². The lowest BCUT2D eigenvalue weighted by molar-refractivity contribution is -0.133. The van der Waals surface area contributed by atoms with E-state index in [4.69, 9.17) is 39.8 Å². The number of hydrogen-bond donors (Lipinski definition) is 0. The Balaban J connectivity index is 2.13. The Kier molecular flexibility index (Phi) is 7.21. The standard InChI is InChI=1S/C21H24Cl3N3O/c1-26(11-10-22)18(13-23)20-21(28)27(2)17-9-8-15(24)12-16(17)19(25-20)14-6-4-3-5-7-14/h3-9,12,16-18,20H,10-11,13H2,1-2H3. The second-order valence-corrected chi connectivity index (χ2v) is 8.22. The molecule has 0 saturated carbocycles. The van der Waals surface area contributed by atoms with Crippen LogP contribution in [0.2, 0.25) is 0 Å². The number of allylic oxidation sites excluding steroid dienone is 2. The Morgan fingerprint density at radius 1 is 1.25 bits per heavy atom. The summed E-state index contributed by atoms with van der Waals surface area (Å²) in [6.07, 6.45) is 5.79. The van der Waals surface area contributed by atoms with Crippen molar-refractivity contribution in [3.8, 4) is 0 Å². The van der Waals surface area contributed by atoms with E-state index in [1.807, 2.05) is 67.6 Å². The molecule has 4 nitrogen and oxygen atoms in total. The van der Waals surface area contributed by atoms with Gasteiger partial charge in [-0.25, -0.2) is 0 Å². The molecule has 0 N–H and O–H groups in total. The first kappa shape index (κ1) is 21.4. The van der Waals surface area contributed by atoms with Gasteiger partial charge in [0.15, 0.2) is 0 Å². The van der Waals surface area contributed by atoms with E-state index in [2.05, 4.69) is 0 Å². The summed E-state index contributed by atoms with van der Waals surface area (Å²) in [7, 11) is 3.75. The SMILES string of the molecule is CN(CCCl)C(CCl)C1N=C(c2ccccc2)C2C=C(Cl)C=CC2N(C)C1=O. The van der Waals surface area contributed by atoms with E-state index >= 15 is 0 Å². The number of halogens is 3. The number of carbonyl (C=O) groups excluding carboxylic acids is 1. The second kappa shape index (κ2) is 9.45. The molecule has 0 aromatic heterocycles. The molecular formula is C21H24Cl3N3O. The zero-order chi connectivity index (χ0) is 20.3. The van der Waals surface area contributed by atoms with Gasteiger partial charge in [-0.05, 0) is 18.7 Å². The molecule has 1 aromatic carbocycles. The normalized spacial score (nSPS) is 25.9. The van der Waals surface area contributed by atoms with Gasteiger partial charge in [-0.1, -0.05) is 54.1 Å². The van der Waals surface area contributed by atoms with Crippen molar-refractivity contribution in [1.29, 1.82) is 0 Å². The number of likely N-dealkylation sites (N-methyl/N-ethyl adjacent to an activating group) is 2. The highest BCUT2D eigenvalue weighted by Gasteiger charge is 2.41. The van der Waals surface area contributed by atoms with E-state index in [1.54, 1.807) is 4.90 Å². The number of carbonyl (C=O) groups is 1. The molecule has 1 heterocycles. The number of fused-ring (bicyclic) bond motifs is 1. The highest BCUT2D eigenvalue weighted by Crippen LogP contribution is 2.31. The topological polar surface area (TPSA) is 35.9 Å². The third-order valence-corrected chi connectivity index (χ3v) is 6.13. The van der Waals surface area contributed by atoms with Crippen LogP contribution < -0.4 is 0 Å². The van der Waals surface area contributed by atoms with Crippen LogP contribution in [0.4, 0.5) is 0 Å². The minimum atomic E-state index is -0.614. The van der Waals surface area contributed by atoms with Gasteiger partial charge in [-0.3, -0.25) is 14.7 Å². The van der Waals surface area contributed by atoms with Gasteiger partial charge in [-0.15, -0.1) is 23.2 Å². The Hall–Kier alpha value is -1.33. The number of hydrogen-bond acceptors (Lipinski definition) is 3. The monoisotopic (exact) mass is 439 g/mol. The molecule has 1 aromatic rings. The molecule has 0 bridgehead atoms. The third-order valence-electron chi connectivity index (χ3n) is 5.40. The fourth-order valence-electron chi connectivity index (χ4n) is 3.76. The molecule has 2 aliphatic rings. The van der Waals surface area contributed by atoms with Gasteiger partial charge in [-0.2, -0.15) is 0 Å². The van der Waals surface area contributed by atoms with E-state index < -0.39 is 6.04 Å². The van der Waals surface area contributed by atoms with Gasteiger partial charge in [0.05, 0.1) is 17.8 Å². The molecule has 0 radical (unpaired) electrons. The van der Waals surface area contributed by atoms with E-state index in [9.17, 15) is 4.79 Å². The molecule has 0 spiro atoms. The first-order valence-corrected chi connectivity index (χ1v) is 10.7. The Bertz CT molecular complexity index is 793. The minimum absolute atomic E-state index is 0.0518. The molecule has 150 valence electrons. The summed E-state index contributed by atoms with van der Waals surface area (Å²) in [5, 5.41) is 0.650. The smallest absolute Gasteiger partial charge is 0.249 e. The van der Waals surface area contributed by atoms with Crippen molar-refractivity contribution in [3.63, 3.8) is 0 Å². The zero-order valence-electron chi connectivity index (χ0n) is 15.9. The van der Waals surface area contributed by atoms with E-state index in [1.165, 1.54) is 0 Å². The molecule has 28 heavy (non-hydrogen) atoms. The van der Waals surface area contributed by atoms with Crippen LogP contribution in [-0.4, -0.2) is 71.9 Å². The fraction of sp³-hybridized carbons (Fsp3) is 0.429. The molecule has 0 saturated heterocycles. The second-order valence-electron chi connectivity index (χ2n) is 7.09. The van der Waals surface area contributed by atoms with Crippen LogP contribution in [-0.2, 0) is 4.79 Å². The van der Waals surface area contributed by atoms with Crippen LogP contribution in [0.5, 0.6) is 0 Å². The predicted octanol–water partition coefficient (Wildman–Crippen LogP) is 3.77. The maximum Gasteiger partial charge on any atom is 0.249 e. The highest BCUT2D eigenvalue weighted by molar-refractivity contribution is 6.31. The minimum Gasteiger partial charge on any atom is -0.336 e. The van der Waals surface area contributed by atoms with Gasteiger partial charge in [0.25, 0.3) is 0 Å². The summed E-state index contributed by atoms with van der Waals surface area (Å²) in [4.78, 5) is 22.1. The zero-order valence-corrected chi connectivity index (χ0v) is 18.2. The van der Waals surface area contributed by atoms with Gasteiger partial charge in [0.2, 0.25) is 5.91 Å². The number of aliphatic imine (C=N–C) groups is 1. The maximum absolute atomic E-state index is 13.4. The summed E-state index contributed by atoms with van der Waals surface area (Å²) >= 11 is 18.5. The van der Waals surface area contributed by atoms with Crippen molar-refractivity contribution in [2.24, 2.45) is 10.9 Å². The van der Waals surface area contributed by atoms with Crippen LogP contribution in [0.1, 0.15) is 5.56 Å². The highest BCUT2D eigenvalue weighted by atomic mass is 35.5. The summed E-state index contributed by atoms with van der Waals surface area (Å²) in [6, 6.07) is 8.93. The molecule has 3 rings (SSSR count). The van der Waals surface area contributed by atoms with Crippen molar-refractivity contribution >= 4 is 46.4 Å². The van der Waals surface area contributed by atoms with E-state index in [0.29, 0.717) is 17.5 Å². The lowest BCUT2D eigenvalue weighted by atomic mass is 9.86. The molecular weight excluding hydrogens is 417 g/mol. The van der Waals surface area contributed by atoms with Crippen molar-refractivity contribution in [3.05, 3.63) is 59.2 Å². The van der Waals surface area contributed by atoms with Crippen molar-refractivity contribution in [2.75, 3.05) is 32.4 Å². The van der Waals surface area contributed by atoms with Crippen LogP contribution in [0.3, 0.4) is 0 Å². The number of benzene rings is 1. The average molecular weight is 441 g/mol. The van der Waals surface area contributed by atoms with Gasteiger partial charge >= 0.3 is 0 Å². The first-order valence-electron chi connectivity index (χ1n) is 9.25. The van der Waals surface area contributed by atoms with Gasteiger partial charge in [0.1, 0.15) is 6.04 Å². The molecule has 1 amide bonds. The largest absolute Gasteiger partial charge is 0.336 e. The number of rotatable bonds is 6. The lowest BCUT2D eigenvalue weighted by Gasteiger charge is -2.34. The molecule has 7 heteroatoms. The lowest BCUT2D eigenvalue weighted by Crippen LogP contribution is -2.51. The summed E-state index contributed by atoms with van der Waals surface area (Å²) in [6.45, 7) is 0.626. The Morgan fingerprint density at radius 3 is 2.61 bits per heavy atom. The molecule has 1 aliphatic heterocycles. The third kappa shape index (κ3) is 4.30. The molecule has 0 fully saturated rings. The summed E-state index contributed by atoms with van der Waals surface area (Å²) in [5.74, 6) is 0.574. The van der Waals surface area contributed by atoms with Crippen molar-refractivity contribution in [2.45, 2.75) is 18.1 Å². The number of nitrogens with zero attached hydrogens (tertiary/aromatic N) is 3. The van der Waals surface area contributed by atoms with Crippen molar-refractivity contribution < 1.29 is 4.79 Å². The van der Waals surface area contributed by atoms with Crippen LogP contribution >= 0.6 is 34.8 Å². The maximum atomic E-state index is 13.4. The number of amides is 1. The molecule has 4 unspecified atom stereocenters. The van der Waals surface area contributed by atoms with Crippen LogP contribution in [0, 0.1) is 5.92 Å². The van der Waals surface area contributed by atoms with Gasteiger partial charge in [0, 0.05) is 36.3 Å². The summed E-state index contributed by atoms with van der Waals surface area (Å²) < 4.78 is 0. The van der Waals surface area contributed by atoms with E-state index in [-0.39, 0.29) is 29.8 Å². The molecule has 1 aliphatic carbocycles. The average Bonchev–Trinajstić information content (AvgIpc) is 2.80. The molecule has 4 atom stereocenters. The number of alkyl halides is 2. The van der Waals surface area contributed by atoms with Crippen LogP contribution in [0.15, 0.2) is 58.6 Å². The van der Waals surface area contributed by atoms with Gasteiger partial charge < -0.3 is 4.90 Å². The van der Waals surface area contributed by atoms with Crippen molar-refractivity contribution in [1.82, 2.24) is 9.80 Å². The Morgan fingerprint density at radius 2 is 1.96 bits per heavy atom. The Labute approximate surface area is 181 Å². The fourth-order valence-corrected chi connectivity index (χ4v) is 4.64. The summed E-state index contributed by atoms with van der Waals surface area (Å²) in [5.41, 5.74) is 1.83. The van der Waals surface area contributed by atoms with E-state index in [0.717, 1.165) is 11.3 Å².